The molecule has 1 fully saturated rings. The molecule has 0 aliphatic carbocycles. The van der Waals surface area contributed by atoms with Gasteiger partial charge in [0.15, 0.2) is 0 Å². The number of hydrogen-bond donors (Lipinski definition) is 0. The van der Waals surface area contributed by atoms with Crippen molar-refractivity contribution in [2.24, 2.45) is 0 Å². The van der Waals surface area contributed by atoms with E-state index >= 15 is 0 Å². The van der Waals surface area contributed by atoms with E-state index in [9.17, 15) is 4.79 Å². The number of ether oxygens (including phenoxy) is 2. The topological polar surface area (TPSA) is 38.8 Å². The van der Waals surface area contributed by atoms with Crippen LogP contribution in [0.3, 0.4) is 0 Å². The van der Waals surface area contributed by atoms with Crippen molar-refractivity contribution in [3.63, 3.8) is 0 Å². The maximum atomic E-state index is 11.9. The van der Waals surface area contributed by atoms with Crippen molar-refractivity contribution in [2.75, 3.05) is 32.9 Å². The number of esters is 1. The Bertz CT molecular complexity index is 221. The van der Waals surface area contributed by atoms with Gasteiger partial charge in [-0.15, -0.1) is 0 Å². The summed E-state index contributed by atoms with van der Waals surface area (Å²) in [4.78, 5) is 14.1. The third-order valence-electron chi connectivity index (χ3n) is 3.17. The lowest BCUT2D eigenvalue weighted by atomic mass is 10.0. The molecule has 0 N–H and O–H groups in total. The Morgan fingerprint density at radius 2 is 2.12 bits per heavy atom. The van der Waals surface area contributed by atoms with Gasteiger partial charge in [0.2, 0.25) is 0 Å². The van der Waals surface area contributed by atoms with Crippen molar-refractivity contribution >= 4 is 5.97 Å². The van der Waals surface area contributed by atoms with Gasteiger partial charge in [-0.25, -0.2) is 0 Å². The van der Waals surface area contributed by atoms with Crippen LogP contribution in [0.15, 0.2) is 0 Å². The first-order valence-corrected chi connectivity index (χ1v) is 6.78. The Labute approximate surface area is 104 Å². The predicted octanol–water partition coefficient (Wildman–Crippen LogP) is 1.83. The van der Waals surface area contributed by atoms with Crippen LogP contribution in [0.4, 0.5) is 0 Å². The van der Waals surface area contributed by atoms with Crippen molar-refractivity contribution in [1.82, 2.24) is 4.90 Å². The quantitative estimate of drug-likeness (QED) is 0.505. The summed E-state index contributed by atoms with van der Waals surface area (Å²) in [6, 6.07) is -0.0131. The third-order valence-corrected chi connectivity index (χ3v) is 3.17. The van der Waals surface area contributed by atoms with Crippen LogP contribution in [0, 0.1) is 0 Å². The number of rotatable bonds is 7. The van der Waals surface area contributed by atoms with Crippen LogP contribution in [0.2, 0.25) is 0 Å². The van der Waals surface area contributed by atoms with E-state index in [1.165, 1.54) is 6.42 Å². The zero-order valence-electron chi connectivity index (χ0n) is 11.1. The number of likely N-dealkylation sites (tertiary alicyclic amines) is 1. The molecule has 0 spiro atoms. The summed E-state index contributed by atoms with van der Waals surface area (Å²) in [6.45, 7) is 7.89. The van der Waals surface area contributed by atoms with Crippen molar-refractivity contribution in [1.29, 1.82) is 0 Å². The van der Waals surface area contributed by atoms with Gasteiger partial charge in [0.05, 0.1) is 6.61 Å². The van der Waals surface area contributed by atoms with Crippen LogP contribution in [-0.4, -0.2) is 49.8 Å². The lowest BCUT2D eigenvalue weighted by Crippen LogP contribution is -2.45. The minimum absolute atomic E-state index is 0.0131. The number of hydrogen-bond acceptors (Lipinski definition) is 4. The maximum Gasteiger partial charge on any atom is 0.323 e. The molecule has 100 valence electrons. The lowest BCUT2D eigenvalue weighted by Gasteiger charge is -2.32. The third kappa shape index (κ3) is 5.04. The van der Waals surface area contributed by atoms with Crippen LogP contribution in [-0.2, 0) is 14.3 Å². The molecule has 1 atom stereocenters. The van der Waals surface area contributed by atoms with Crippen LogP contribution in [0.25, 0.3) is 0 Å². The molecule has 0 aromatic carbocycles. The highest BCUT2D eigenvalue weighted by atomic mass is 16.5. The lowest BCUT2D eigenvalue weighted by molar-refractivity contribution is -0.151. The first-order valence-electron chi connectivity index (χ1n) is 6.78. The molecule has 0 aromatic heterocycles. The van der Waals surface area contributed by atoms with Gasteiger partial charge < -0.3 is 9.47 Å². The largest absolute Gasteiger partial charge is 0.464 e. The predicted molar refractivity (Wildman–Crippen MR) is 67.0 cm³/mol. The minimum Gasteiger partial charge on any atom is -0.464 e. The zero-order chi connectivity index (χ0) is 12.5. The van der Waals surface area contributed by atoms with Crippen LogP contribution in [0.5, 0.6) is 0 Å². The molecule has 0 radical (unpaired) electrons. The number of piperidine rings is 1. The molecule has 1 aliphatic rings. The van der Waals surface area contributed by atoms with Gasteiger partial charge in [0.25, 0.3) is 0 Å². The molecule has 1 unspecified atom stereocenters. The molecule has 17 heavy (non-hydrogen) atoms. The molecule has 0 aromatic rings. The normalized spacial score (nSPS) is 21.4. The maximum absolute atomic E-state index is 11.9. The van der Waals surface area contributed by atoms with E-state index in [0.717, 1.165) is 39.0 Å². The molecule has 4 heteroatoms. The van der Waals surface area contributed by atoms with E-state index < -0.39 is 0 Å². The Morgan fingerprint density at radius 1 is 1.29 bits per heavy atom. The fourth-order valence-corrected chi connectivity index (χ4v) is 2.21. The molecule has 1 heterocycles. The van der Waals surface area contributed by atoms with Gasteiger partial charge >= 0.3 is 5.97 Å². The average molecular weight is 243 g/mol. The number of carbonyl (C=O) groups excluding carboxylic acids is 1. The standard InChI is InChI=1S/C13H25NO3/c1-3-14-9-6-5-8-12(14)13(15)17-11-7-10-16-4-2/h12H,3-11H2,1-2H3. The molecular weight excluding hydrogens is 218 g/mol. The minimum atomic E-state index is -0.0527. The van der Waals surface area contributed by atoms with Gasteiger partial charge in [-0.1, -0.05) is 13.3 Å². The SMILES string of the molecule is CCOCCCOC(=O)C1CCCCN1CC. The Morgan fingerprint density at radius 3 is 2.82 bits per heavy atom. The highest BCUT2D eigenvalue weighted by Gasteiger charge is 2.28. The fraction of sp³-hybridized carbons (Fsp3) is 0.923. The van der Waals surface area contributed by atoms with E-state index in [-0.39, 0.29) is 12.0 Å². The van der Waals surface area contributed by atoms with E-state index in [1.807, 2.05) is 6.92 Å². The van der Waals surface area contributed by atoms with E-state index in [1.54, 1.807) is 0 Å². The van der Waals surface area contributed by atoms with Crippen molar-refractivity contribution in [2.45, 2.75) is 45.6 Å². The van der Waals surface area contributed by atoms with Crippen LogP contribution in [0.1, 0.15) is 39.5 Å². The smallest absolute Gasteiger partial charge is 0.323 e. The van der Waals surface area contributed by atoms with Gasteiger partial charge in [-0.3, -0.25) is 9.69 Å². The summed E-state index contributed by atoms with van der Waals surface area (Å²) in [5.41, 5.74) is 0. The van der Waals surface area contributed by atoms with Crippen molar-refractivity contribution < 1.29 is 14.3 Å². The summed E-state index contributed by atoms with van der Waals surface area (Å²) in [6.07, 6.45) is 4.06. The van der Waals surface area contributed by atoms with E-state index in [4.69, 9.17) is 9.47 Å². The number of likely N-dealkylation sites (N-methyl/N-ethyl adjacent to an activating group) is 1. The monoisotopic (exact) mass is 243 g/mol. The second kappa shape index (κ2) is 8.48. The zero-order valence-corrected chi connectivity index (χ0v) is 11.1. The van der Waals surface area contributed by atoms with E-state index in [0.29, 0.717) is 13.2 Å². The number of nitrogens with zero attached hydrogens (tertiary/aromatic N) is 1. The molecule has 1 rings (SSSR count). The molecule has 4 nitrogen and oxygen atoms in total. The summed E-state index contributed by atoms with van der Waals surface area (Å²) >= 11 is 0. The molecule has 0 bridgehead atoms. The number of carbonyl (C=O) groups is 1. The highest BCUT2D eigenvalue weighted by Crippen LogP contribution is 2.17. The summed E-state index contributed by atoms with van der Waals surface area (Å²) in [5, 5.41) is 0. The van der Waals surface area contributed by atoms with Gasteiger partial charge in [0.1, 0.15) is 6.04 Å². The summed E-state index contributed by atoms with van der Waals surface area (Å²) < 4.78 is 10.5. The van der Waals surface area contributed by atoms with Crippen molar-refractivity contribution in [3.05, 3.63) is 0 Å². The summed E-state index contributed by atoms with van der Waals surface area (Å²) in [5.74, 6) is -0.0527. The van der Waals surface area contributed by atoms with Gasteiger partial charge in [-0.05, 0) is 32.9 Å². The van der Waals surface area contributed by atoms with Crippen LogP contribution >= 0.6 is 0 Å². The average Bonchev–Trinajstić information content (AvgIpc) is 2.38. The molecular formula is C13H25NO3. The molecule has 0 amide bonds. The summed E-state index contributed by atoms with van der Waals surface area (Å²) in [7, 11) is 0. The highest BCUT2D eigenvalue weighted by molar-refractivity contribution is 5.75. The van der Waals surface area contributed by atoms with E-state index in [2.05, 4.69) is 11.8 Å². The first-order chi connectivity index (χ1) is 8.29. The Hall–Kier alpha value is -0.610. The van der Waals surface area contributed by atoms with Crippen LogP contribution < -0.4 is 0 Å². The first kappa shape index (κ1) is 14.5. The Kier molecular flexibility index (Phi) is 7.21. The Balaban J connectivity index is 2.20. The molecule has 1 aliphatic heterocycles. The second-order valence-corrected chi connectivity index (χ2v) is 4.36. The van der Waals surface area contributed by atoms with Gasteiger partial charge in [0, 0.05) is 19.6 Å². The molecule has 0 saturated carbocycles. The fourth-order valence-electron chi connectivity index (χ4n) is 2.21. The molecule has 1 saturated heterocycles. The second-order valence-electron chi connectivity index (χ2n) is 4.36. The van der Waals surface area contributed by atoms with Gasteiger partial charge in [-0.2, -0.15) is 0 Å². The van der Waals surface area contributed by atoms with Crippen molar-refractivity contribution in [3.8, 4) is 0 Å².